The molecule has 0 atom stereocenters. The maximum Gasteiger partial charge on any atom is 0.196 e. The molecule has 0 unspecified atom stereocenters. The number of ether oxygens (including phenoxy) is 1. The Labute approximate surface area is 154 Å². The lowest BCUT2D eigenvalue weighted by atomic mass is 10.00. The average Bonchev–Trinajstić information content (AvgIpc) is 2.64. The van der Waals surface area contributed by atoms with Gasteiger partial charge in [-0.25, -0.2) is 0 Å². The van der Waals surface area contributed by atoms with E-state index in [1.54, 1.807) is 31.2 Å². The van der Waals surface area contributed by atoms with Gasteiger partial charge in [-0.05, 0) is 44.2 Å². The van der Waals surface area contributed by atoms with Crippen molar-refractivity contribution in [1.82, 2.24) is 0 Å². The van der Waals surface area contributed by atoms with Gasteiger partial charge in [0.25, 0.3) is 0 Å². The van der Waals surface area contributed by atoms with E-state index in [0.717, 1.165) is 0 Å². The highest BCUT2D eigenvalue weighted by atomic mass is 35.5. The van der Waals surface area contributed by atoms with Crippen LogP contribution in [0.15, 0.2) is 51.2 Å². The number of carbonyl (C=O) groups is 1. The van der Waals surface area contributed by atoms with E-state index in [4.69, 9.17) is 20.8 Å². The van der Waals surface area contributed by atoms with Gasteiger partial charge in [0.1, 0.15) is 23.7 Å². The number of Topliss-reactive ketones (excluding diaryl/α,β-unsaturated/α-hetero) is 1. The highest BCUT2D eigenvalue weighted by Gasteiger charge is 2.22. The number of rotatable bonds is 2. The fraction of sp³-hybridized carbons (Fsp3) is 0.143. The number of hydrogen-bond donors (Lipinski definition) is 0. The molecular weight excluding hydrogens is 352 g/mol. The van der Waals surface area contributed by atoms with Gasteiger partial charge < -0.3 is 9.15 Å². The molecule has 2 aromatic carbocycles. The van der Waals surface area contributed by atoms with Crippen molar-refractivity contribution in [2.24, 2.45) is 0 Å². The van der Waals surface area contributed by atoms with Crippen LogP contribution in [0.1, 0.15) is 18.1 Å². The summed E-state index contributed by atoms with van der Waals surface area (Å²) in [7, 11) is 0. The Morgan fingerprint density at radius 2 is 1.92 bits per heavy atom. The summed E-state index contributed by atoms with van der Waals surface area (Å²) in [5, 5.41) is 0.945. The van der Waals surface area contributed by atoms with Crippen LogP contribution in [0.5, 0.6) is 5.75 Å². The van der Waals surface area contributed by atoms with Gasteiger partial charge in [0, 0.05) is 16.7 Å². The summed E-state index contributed by atoms with van der Waals surface area (Å²) < 4.78 is 11.8. The molecule has 0 bridgehead atoms. The second-order valence-corrected chi connectivity index (χ2v) is 6.64. The van der Waals surface area contributed by atoms with E-state index in [2.05, 4.69) is 0 Å². The molecule has 26 heavy (non-hydrogen) atoms. The molecule has 0 aliphatic carbocycles. The number of ketones is 1. The first-order chi connectivity index (χ1) is 12.5. The predicted molar refractivity (Wildman–Crippen MR) is 102 cm³/mol. The van der Waals surface area contributed by atoms with Crippen molar-refractivity contribution >= 4 is 34.4 Å². The van der Waals surface area contributed by atoms with Gasteiger partial charge >= 0.3 is 0 Å². The van der Waals surface area contributed by atoms with Crippen LogP contribution in [0.2, 0.25) is 5.02 Å². The lowest BCUT2D eigenvalue weighted by Gasteiger charge is -2.18. The van der Waals surface area contributed by atoms with Crippen LogP contribution < -0.4 is 10.2 Å². The molecule has 1 aromatic heterocycles. The third-order valence-corrected chi connectivity index (χ3v) is 4.89. The summed E-state index contributed by atoms with van der Waals surface area (Å²) in [4.78, 5) is 24.6. The van der Waals surface area contributed by atoms with Gasteiger partial charge in [-0.15, -0.1) is 0 Å². The number of hydrogen-bond acceptors (Lipinski definition) is 4. The largest absolute Gasteiger partial charge is 0.488 e. The van der Waals surface area contributed by atoms with Crippen LogP contribution in [0, 0.1) is 6.92 Å². The van der Waals surface area contributed by atoms with Crippen LogP contribution in [0.3, 0.4) is 0 Å². The average molecular weight is 367 g/mol. The smallest absolute Gasteiger partial charge is 0.196 e. The molecule has 0 amide bonds. The van der Waals surface area contributed by atoms with Crippen molar-refractivity contribution in [3.63, 3.8) is 0 Å². The molecule has 0 saturated heterocycles. The second-order valence-electron chi connectivity index (χ2n) is 6.23. The highest BCUT2D eigenvalue weighted by Crippen LogP contribution is 2.36. The summed E-state index contributed by atoms with van der Waals surface area (Å²) in [6.07, 6.45) is 1.73. The number of fused-ring (bicyclic) bond motifs is 3. The van der Waals surface area contributed by atoms with Crippen LogP contribution >= 0.6 is 11.6 Å². The molecule has 0 saturated carbocycles. The molecule has 1 aliphatic heterocycles. The van der Waals surface area contributed by atoms with E-state index in [0.29, 0.717) is 49.8 Å². The summed E-state index contributed by atoms with van der Waals surface area (Å²) in [5.74, 6) is 0.929. The molecule has 0 spiro atoms. The molecule has 130 valence electrons. The van der Waals surface area contributed by atoms with E-state index in [-0.39, 0.29) is 17.8 Å². The SMILES string of the molecule is CC(=O)C1=Cc2c(ccc3c(=O)c(C)c(-c4ccccc4Cl)oc23)OC1. The van der Waals surface area contributed by atoms with Crippen molar-refractivity contribution in [2.75, 3.05) is 6.61 Å². The van der Waals surface area contributed by atoms with E-state index in [1.165, 1.54) is 6.92 Å². The van der Waals surface area contributed by atoms with E-state index >= 15 is 0 Å². The second kappa shape index (κ2) is 6.15. The van der Waals surface area contributed by atoms with Gasteiger partial charge in [0.05, 0.1) is 16.0 Å². The van der Waals surface area contributed by atoms with Crippen molar-refractivity contribution in [1.29, 1.82) is 0 Å². The first-order valence-electron chi connectivity index (χ1n) is 8.17. The van der Waals surface area contributed by atoms with E-state index < -0.39 is 0 Å². The molecule has 4 rings (SSSR count). The number of benzene rings is 2. The summed E-state index contributed by atoms with van der Waals surface area (Å²) in [6.45, 7) is 3.42. The number of halogens is 1. The minimum absolute atomic E-state index is 0.0755. The highest BCUT2D eigenvalue weighted by molar-refractivity contribution is 6.33. The van der Waals surface area contributed by atoms with E-state index in [9.17, 15) is 9.59 Å². The molecule has 0 fully saturated rings. The zero-order valence-electron chi connectivity index (χ0n) is 14.3. The normalized spacial score (nSPS) is 13.1. The van der Waals surface area contributed by atoms with E-state index in [1.807, 2.05) is 18.2 Å². The van der Waals surface area contributed by atoms with Gasteiger partial charge in [0.15, 0.2) is 11.2 Å². The lowest BCUT2D eigenvalue weighted by Crippen LogP contribution is -2.14. The molecule has 3 aromatic rings. The molecule has 0 N–H and O–H groups in total. The topological polar surface area (TPSA) is 56.5 Å². The van der Waals surface area contributed by atoms with Crippen molar-refractivity contribution in [3.8, 4) is 17.1 Å². The zero-order chi connectivity index (χ0) is 18.4. The third kappa shape index (κ3) is 2.54. The number of carbonyl (C=O) groups excluding carboxylic acids is 1. The van der Waals surface area contributed by atoms with Crippen LogP contribution in [0.4, 0.5) is 0 Å². The lowest BCUT2D eigenvalue weighted by molar-refractivity contribution is -0.113. The van der Waals surface area contributed by atoms with Gasteiger partial charge in [-0.1, -0.05) is 23.7 Å². The van der Waals surface area contributed by atoms with Gasteiger partial charge in [-0.3, -0.25) is 9.59 Å². The maximum atomic E-state index is 12.9. The molecular formula is C21H15ClO4. The van der Waals surface area contributed by atoms with Gasteiger partial charge in [0.2, 0.25) is 0 Å². The molecule has 2 heterocycles. The molecule has 0 radical (unpaired) electrons. The molecule has 5 heteroatoms. The van der Waals surface area contributed by atoms with Crippen molar-refractivity contribution in [2.45, 2.75) is 13.8 Å². The fourth-order valence-electron chi connectivity index (χ4n) is 3.09. The first-order valence-corrected chi connectivity index (χ1v) is 8.55. The Balaban J connectivity index is 2.09. The van der Waals surface area contributed by atoms with Crippen LogP contribution in [0.25, 0.3) is 28.4 Å². The van der Waals surface area contributed by atoms with Crippen LogP contribution in [-0.2, 0) is 4.79 Å². The summed E-state index contributed by atoms with van der Waals surface area (Å²) >= 11 is 6.30. The minimum Gasteiger partial charge on any atom is -0.488 e. The molecule has 4 nitrogen and oxygen atoms in total. The predicted octanol–water partition coefficient (Wildman–Crippen LogP) is 4.79. The summed E-state index contributed by atoms with van der Waals surface area (Å²) in [5.41, 5.74) is 2.53. The van der Waals surface area contributed by atoms with Crippen LogP contribution in [-0.4, -0.2) is 12.4 Å². The standard InChI is InChI=1S/C21H15ClO4/c1-11-19(24)15-7-8-18-16(9-13(10-25-18)12(2)23)21(15)26-20(11)14-5-3-4-6-17(14)22/h3-9H,10H2,1-2H3. The first kappa shape index (κ1) is 16.6. The summed E-state index contributed by atoms with van der Waals surface area (Å²) in [6, 6.07) is 10.6. The zero-order valence-corrected chi connectivity index (χ0v) is 15.0. The Hall–Kier alpha value is -2.85. The Kier molecular flexibility index (Phi) is 3.93. The van der Waals surface area contributed by atoms with Crippen molar-refractivity contribution < 1.29 is 13.9 Å². The Morgan fingerprint density at radius 1 is 1.15 bits per heavy atom. The Morgan fingerprint density at radius 3 is 2.65 bits per heavy atom. The van der Waals surface area contributed by atoms with Gasteiger partial charge in [-0.2, -0.15) is 0 Å². The maximum absolute atomic E-state index is 12.9. The monoisotopic (exact) mass is 366 g/mol. The fourth-order valence-corrected chi connectivity index (χ4v) is 3.32. The quantitative estimate of drug-likeness (QED) is 0.654. The minimum atomic E-state index is -0.132. The Bertz CT molecular complexity index is 1150. The third-order valence-electron chi connectivity index (χ3n) is 4.56. The van der Waals surface area contributed by atoms with Crippen molar-refractivity contribution in [3.05, 3.63) is 68.3 Å². The molecule has 1 aliphatic rings.